The zero-order valence-corrected chi connectivity index (χ0v) is 12.2. The molecule has 1 fully saturated rings. The highest BCUT2D eigenvalue weighted by atomic mass is 32.2. The van der Waals surface area contributed by atoms with Gasteiger partial charge in [-0.2, -0.15) is 9.40 Å². The van der Waals surface area contributed by atoms with Crippen LogP contribution in [0.2, 0.25) is 0 Å². The lowest BCUT2D eigenvalue weighted by Gasteiger charge is -2.34. The summed E-state index contributed by atoms with van der Waals surface area (Å²) >= 11 is 0. The number of aromatic amines is 1. The number of hydrogen-bond donors (Lipinski definition) is 1. The Hall–Kier alpha value is -0.960. The molecular formula is C11H21N5O2S. The highest BCUT2D eigenvalue weighted by Crippen LogP contribution is 2.14. The normalized spacial score (nSPS) is 19.1. The first-order valence-electron chi connectivity index (χ1n) is 6.37. The monoisotopic (exact) mass is 287 g/mol. The van der Waals surface area contributed by atoms with Crippen molar-refractivity contribution in [3.8, 4) is 0 Å². The number of nitrogens with one attached hydrogen (secondary N) is 1. The third kappa shape index (κ3) is 3.53. The van der Waals surface area contributed by atoms with Crippen LogP contribution in [0.15, 0.2) is 17.3 Å². The lowest BCUT2D eigenvalue weighted by molar-refractivity contribution is 0.174. The van der Waals surface area contributed by atoms with Gasteiger partial charge in [0.2, 0.25) is 0 Å². The molecule has 108 valence electrons. The second-order valence-electron chi connectivity index (χ2n) is 4.97. The van der Waals surface area contributed by atoms with Crippen LogP contribution in [-0.2, 0) is 10.0 Å². The molecule has 0 aromatic carbocycles. The van der Waals surface area contributed by atoms with Gasteiger partial charge in [-0.1, -0.05) is 0 Å². The van der Waals surface area contributed by atoms with Gasteiger partial charge in [-0.05, 0) is 20.2 Å². The zero-order chi connectivity index (χ0) is 13.9. The second-order valence-corrected chi connectivity index (χ2v) is 6.88. The largest absolute Gasteiger partial charge is 0.308 e. The highest BCUT2D eigenvalue weighted by molar-refractivity contribution is 7.89. The van der Waals surface area contributed by atoms with Crippen molar-refractivity contribution >= 4 is 10.0 Å². The maximum Gasteiger partial charge on any atom is 0.260 e. The molecule has 1 aliphatic rings. The molecule has 0 saturated carbocycles. The number of hydrogen-bond acceptors (Lipinski definition) is 5. The Bertz CT molecular complexity index is 477. The van der Waals surface area contributed by atoms with Crippen molar-refractivity contribution in [3.63, 3.8) is 0 Å². The smallest absolute Gasteiger partial charge is 0.260 e. The molecule has 0 atom stereocenters. The fourth-order valence-corrected chi connectivity index (χ4v) is 3.38. The van der Waals surface area contributed by atoms with E-state index in [1.807, 2.05) is 14.1 Å². The summed E-state index contributed by atoms with van der Waals surface area (Å²) in [5.41, 5.74) is 0. The van der Waals surface area contributed by atoms with E-state index in [1.54, 1.807) is 0 Å². The topological polar surface area (TPSA) is 72.5 Å². The Kier molecular flexibility index (Phi) is 4.56. The minimum Gasteiger partial charge on any atom is -0.308 e. The minimum absolute atomic E-state index is 0.175. The summed E-state index contributed by atoms with van der Waals surface area (Å²) in [5, 5.41) is 6.40. The van der Waals surface area contributed by atoms with Crippen LogP contribution in [0.3, 0.4) is 0 Å². The van der Waals surface area contributed by atoms with Crippen molar-refractivity contribution in [2.24, 2.45) is 0 Å². The van der Waals surface area contributed by atoms with E-state index in [2.05, 4.69) is 20.0 Å². The fraction of sp³-hybridized carbons (Fsp3) is 0.727. The average Bonchev–Trinajstić information content (AvgIpc) is 2.91. The maximum absolute atomic E-state index is 12.2. The minimum atomic E-state index is -3.40. The third-order valence-electron chi connectivity index (χ3n) is 3.29. The summed E-state index contributed by atoms with van der Waals surface area (Å²) in [4.78, 5) is 4.42. The van der Waals surface area contributed by atoms with E-state index in [9.17, 15) is 8.42 Å². The molecule has 0 amide bonds. The summed E-state index contributed by atoms with van der Waals surface area (Å²) in [6, 6.07) is 1.49. The zero-order valence-electron chi connectivity index (χ0n) is 11.4. The van der Waals surface area contributed by atoms with E-state index >= 15 is 0 Å². The Labute approximate surface area is 114 Å². The molecule has 0 radical (unpaired) electrons. The van der Waals surface area contributed by atoms with Crippen LogP contribution in [0.5, 0.6) is 0 Å². The van der Waals surface area contributed by atoms with Crippen molar-refractivity contribution < 1.29 is 8.42 Å². The quantitative estimate of drug-likeness (QED) is 0.773. The first-order chi connectivity index (χ1) is 9.00. The summed E-state index contributed by atoms with van der Waals surface area (Å²) in [7, 11) is 0.686. The number of aromatic nitrogens is 2. The Morgan fingerprint density at radius 1 is 1.32 bits per heavy atom. The van der Waals surface area contributed by atoms with Crippen LogP contribution in [0.1, 0.15) is 0 Å². The van der Waals surface area contributed by atoms with Crippen LogP contribution < -0.4 is 0 Å². The van der Waals surface area contributed by atoms with E-state index in [-0.39, 0.29) is 5.03 Å². The molecule has 1 N–H and O–H groups in total. The van der Waals surface area contributed by atoms with Crippen LogP contribution in [0.25, 0.3) is 0 Å². The maximum atomic E-state index is 12.2. The van der Waals surface area contributed by atoms with Gasteiger partial charge in [-0.3, -0.25) is 10.00 Å². The molecule has 1 aliphatic heterocycles. The number of H-pyrrole nitrogens is 1. The Morgan fingerprint density at radius 2 is 2.00 bits per heavy atom. The lowest BCUT2D eigenvalue weighted by Crippen LogP contribution is -2.49. The molecule has 2 heterocycles. The van der Waals surface area contributed by atoms with Gasteiger partial charge in [0, 0.05) is 39.3 Å². The van der Waals surface area contributed by atoms with E-state index in [1.165, 1.54) is 16.6 Å². The standard InChI is InChI=1S/C11H21N5O2S/c1-14(2)5-6-15-7-9-16(10-8-15)19(17,18)11-3-4-12-13-11/h3-4H,5-10H2,1-2H3,(H,12,13). The summed E-state index contributed by atoms with van der Waals surface area (Å²) < 4.78 is 26.0. The van der Waals surface area contributed by atoms with Gasteiger partial charge >= 0.3 is 0 Å². The molecular weight excluding hydrogens is 266 g/mol. The van der Waals surface area contributed by atoms with Crippen molar-refractivity contribution in [1.82, 2.24) is 24.3 Å². The molecule has 0 spiro atoms. The molecule has 7 nitrogen and oxygen atoms in total. The third-order valence-corrected chi connectivity index (χ3v) is 5.12. The van der Waals surface area contributed by atoms with Gasteiger partial charge in [0.25, 0.3) is 10.0 Å². The summed E-state index contributed by atoms with van der Waals surface area (Å²) in [6.45, 7) is 4.60. The first-order valence-corrected chi connectivity index (χ1v) is 7.81. The number of piperazine rings is 1. The summed E-state index contributed by atoms with van der Waals surface area (Å²) in [6.07, 6.45) is 1.46. The number of sulfonamides is 1. The molecule has 1 aromatic rings. The molecule has 0 unspecified atom stereocenters. The number of rotatable bonds is 5. The van der Waals surface area contributed by atoms with Gasteiger partial charge in [0.05, 0.1) is 6.20 Å². The molecule has 2 rings (SSSR count). The Balaban J connectivity index is 1.90. The fourth-order valence-electron chi connectivity index (χ4n) is 2.06. The van der Waals surface area contributed by atoms with Crippen molar-refractivity contribution in [2.45, 2.75) is 5.03 Å². The van der Waals surface area contributed by atoms with Gasteiger partial charge in [0.15, 0.2) is 5.03 Å². The van der Waals surface area contributed by atoms with Crippen molar-refractivity contribution in [3.05, 3.63) is 12.3 Å². The molecule has 1 saturated heterocycles. The summed E-state index contributed by atoms with van der Waals surface area (Å²) in [5.74, 6) is 0. The van der Waals surface area contributed by atoms with E-state index in [4.69, 9.17) is 0 Å². The van der Waals surface area contributed by atoms with E-state index in [0.717, 1.165) is 26.2 Å². The van der Waals surface area contributed by atoms with Crippen molar-refractivity contribution in [1.29, 1.82) is 0 Å². The first kappa shape index (κ1) is 14.4. The SMILES string of the molecule is CN(C)CCN1CCN(S(=O)(=O)c2ccn[nH]2)CC1. The van der Waals surface area contributed by atoms with Crippen LogP contribution >= 0.6 is 0 Å². The molecule has 8 heteroatoms. The van der Waals surface area contributed by atoms with Gasteiger partial charge in [-0.25, -0.2) is 8.42 Å². The van der Waals surface area contributed by atoms with Crippen LogP contribution in [0.4, 0.5) is 0 Å². The average molecular weight is 287 g/mol. The molecule has 0 bridgehead atoms. The van der Waals surface area contributed by atoms with Crippen LogP contribution in [0, 0.1) is 0 Å². The molecule has 1 aromatic heterocycles. The molecule has 19 heavy (non-hydrogen) atoms. The predicted octanol–water partition coefficient (Wildman–Crippen LogP) is -0.722. The highest BCUT2D eigenvalue weighted by Gasteiger charge is 2.29. The van der Waals surface area contributed by atoms with Crippen molar-refractivity contribution in [2.75, 3.05) is 53.4 Å². The van der Waals surface area contributed by atoms with Gasteiger partial charge in [-0.15, -0.1) is 0 Å². The second kappa shape index (κ2) is 6.00. The number of nitrogens with zero attached hydrogens (tertiary/aromatic N) is 4. The molecule has 0 aliphatic carbocycles. The van der Waals surface area contributed by atoms with Gasteiger partial charge < -0.3 is 4.90 Å². The van der Waals surface area contributed by atoms with Gasteiger partial charge in [0.1, 0.15) is 0 Å². The number of likely N-dealkylation sites (N-methyl/N-ethyl adjacent to an activating group) is 1. The van der Waals surface area contributed by atoms with Crippen LogP contribution in [-0.4, -0.2) is 86.1 Å². The van der Waals surface area contributed by atoms with E-state index in [0.29, 0.717) is 13.1 Å². The van der Waals surface area contributed by atoms with E-state index < -0.39 is 10.0 Å². The Morgan fingerprint density at radius 3 is 2.53 bits per heavy atom. The predicted molar refractivity (Wildman–Crippen MR) is 72.3 cm³/mol. The lowest BCUT2D eigenvalue weighted by atomic mass is 10.3.